The minimum atomic E-state index is 0.149. The van der Waals surface area contributed by atoms with E-state index in [1.165, 1.54) is 5.56 Å². The van der Waals surface area contributed by atoms with E-state index < -0.39 is 0 Å². The van der Waals surface area contributed by atoms with Crippen molar-refractivity contribution < 1.29 is 4.79 Å². The van der Waals surface area contributed by atoms with Gasteiger partial charge in [0.2, 0.25) is 0 Å². The van der Waals surface area contributed by atoms with E-state index >= 15 is 0 Å². The van der Waals surface area contributed by atoms with Gasteiger partial charge in [-0.15, -0.1) is 0 Å². The third kappa shape index (κ3) is 2.06. The van der Waals surface area contributed by atoms with Crippen LogP contribution in [-0.4, -0.2) is 10.8 Å². The largest absolute Gasteiger partial charge is 0.294 e. The molecule has 2 heteroatoms. The average Bonchev–Trinajstić information content (AvgIpc) is 3.19. The standard InChI is InChI=1S/C16H15NO/c1-11-7-13(10-17-9-11)16(18)15-8-14(15)12-5-3-2-4-6-12/h2-7,9-10,14-15H,8H2,1H3. The molecule has 1 aromatic carbocycles. The first-order valence-electron chi connectivity index (χ1n) is 6.26. The monoisotopic (exact) mass is 237 g/mol. The number of ketones is 1. The molecule has 0 bridgehead atoms. The molecule has 0 radical (unpaired) electrons. The second-order valence-corrected chi connectivity index (χ2v) is 4.97. The summed E-state index contributed by atoms with van der Waals surface area (Å²) in [6.45, 7) is 1.96. The van der Waals surface area contributed by atoms with Crippen molar-refractivity contribution >= 4 is 5.78 Å². The van der Waals surface area contributed by atoms with Gasteiger partial charge in [0.25, 0.3) is 0 Å². The lowest BCUT2D eigenvalue weighted by molar-refractivity contribution is 0.0965. The van der Waals surface area contributed by atoms with Crippen molar-refractivity contribution in [3.05, 3.63) is 65.5 Å². The predicted molar refractivity (Wildman–Crippen MR) is 70.6 cm³/mol. The Labute approximate surface area is 107 Å². The van der Waals surface area contributed by atoms with Crippen LogP contribution in [0.2, 0.25) is 0 Å². The SMILES string of the molecule is Cc1cncc(C(=O)C2CC2c2ccccc2)c1. The summed E-state index contributed by atoms with van der Waals surface area (Å²) >= 11 is 0. The van der Waals surface area contributed by atoms with E-state index in [4.69, 9.17) is 0 Å². The number of nitrogens with zero attached hydrogens (tertiary/aromatic N) is 1. The minimum absolute atomic E-state index is 0.149. The zero-order valence-electron chi connectivity index (χ0n) is 10.3. The van der Waals surface area contributed by atoms with Gasteiger partial charge >= 0.3 is 0 Å². The lowest BCUT2D eigenvalue weighted by Crippen LogP contribution is -2.04. The molecule has 2 unspecified atom stereocenters. The third-order valence-corrected chi connectivity index (χ3v) is 3.51. The first-order valence-corrected chi connectivity index (χ1v) is 6.26. The van der Waals surface area contributed by atoms with Crippen LogP contribution in [0.15, 0.2) is 48.8 Å². The molecule has 1 aliphatic carbocycles. The molecule has 90 valence electrons. The van der Waals surface area contributed by atoms with Gasteiger partial charge in [-0.2, -0.15) is 0 Å². The molecule has 0 spiro atoms. The van der Waals surface area contributed by atoms with Crippen LogP contribution in [0.3, 0.4) is 0 Å². The van der Waals surface area contributed by atoms with Crippen molar-refractivity contribution in [2.45, 2.75) is 19.3 Å². The quantitative estimate of drug-likeness (QED) is 0.766. The summed E-state index contributed by atoms with van der Waals surface area (Å²) in [5.74, 6) is 0.787. The smallest absolute Gasteiger partial charge is 0.168 e. The fourth-order valence-corrected chi connectivity index (χ4v) is 2.46. The highest BCUT2D eigenvalue weighted by Gasteiger charge is 2.43. The lowest BCUT2D eigenvalue weighted by atomic mass is 10.0. The number of carbonyl (C=O) groups is 1. The Morgan fingerprint density at radius 2 is 2.00 bits per heavy atom. The van der Waals surface area contributed by atoms with E-state index in [2.05, 4.69) is 17.1 Å². The van der Waals surface area contributed by atoms with E-state index in [-0.39, 0.29) is 11.7 Å². The Bertz CT molecular complexity index is 577. The average molecular weight is 237 g/mol. The van der Waals surface area contributed by atoms with Crippen molar-refractivity contribution in [3.63, 3.8) is 0 Å². The molecule has 0 N–H and O–H groups in total. The third-order valence-electron chi connectivity index (χ3n) is 3.51. The highest BCUT2D eigenvalue weighted by Crippen LogP contribution is 2.48. The fraction of sp³-hybridized carbons (Fsp3) is 0.250. The summed E-state index contributed by atoms with van der Waals surface area (Å²) in [5.41, 5.74) is 3.06. The summed E-state index contributed by atoms with van der Waals surface area (Å²) in [5, 5.41) is 0. The van der Waals surface area contributed by atoms with Crippen LogP contribution in [0, 0.1) is 12.8 Å². The van der Waals surface area contributed by atoms with Crippen LogP contribution < -0.4 is 0 Å². The Hall–Kier alpha value is -1.96. The van der Waals surface area contributed by atoms with Gasteiger partial charge in [0.05, 0.1) is 0 Å². The van der Waals surface area contributed by atoms with E-state index in [9.17, 15) is 4.79 Å². The van der Waals surface area contributed by atoms with Crippen LogP contribution in [0.25, 0.3) is 0 Å². The molecule has 1 aliphatic rings. The Balaban J connectivity index is 1.77. The highest BCUT2D eigenvalue weighted by molar-refractivity contribution is 6.00. The molecule has 1 fully saturated rings. The van der Waals surface area contributed by atoms with Gasteiger partial charge < -0.3 is 0 Å². The number of hydrogen-bond acceptors (Lipinski definition) is 2. The van der Waals surface area contributed by atoms with E-state index in [0.29, 0.717) is 5.92 Å². The maximum Gasteiger partial charge on any atom is 0.168 e. The topological polar surface area (TPSA) is 30.0 Å². The maximum atomic E-state index is 12.3. The molecule has 2 aromatic rings. The molecule has 0 amide bonds. The van der Waals surface area contributed by atoms with Crippen LogP contribution in [0.5, 0.6) is 0 Å². The van der Waals surface area contributed by atoms with Gasteiger partial charge in [-0.05, 0) is 36.5 Å². The number of rotatable bonds is 3. The predicted octanol–water partition coefficient (Wildman–Crippen LogP) is 3.38. The van der Waals surface area contributed by atoms with Crippen molar-refractivity contribution in [1.29, 1.82) is 0 Å². The number of benzene rings is 1. The molecule has 1 aromatic heterocycles. The summed E-state index contributed by atoms with van der Waals surface area (Å²) in [6.07, 6.45) is 4.42. The molecule has 0 aliphatic heterocycles. The minimum Gasteiger partial charge on any atom is -0.294 e. The molecule has 2 nitrogen and oxygen atoms in total. The van der Waals surface area contributed by atoms with E-state index in [1.54, 1.807) is 12.4 Å². The number of hydrogen-bond donors (Lipinski definition) is 0. The van der Waals surface area contributed by atoms with Gasteiger partial charge in [0.15, 0.2) is 5.78 Å². The molecular formula is C16H15NO. The summed E-state index contributed by atoms with van der Waals surface area (Å²) < 4.78 is 0. The van der Waals surface area contributed by atoms with E-state index in [1.807, 2.05) is 31.2 Å². The number of pyridine rings is 1. The molecule has 18 heavy (non-hydrogen) atoms. The summed E-state index contributed by atoms with van der Waals surface area (Å²) in [7, 11) is 0. The lowest BCUT2D eigenvalue weighted by Gasteiger charge is -2.01. The zero-order valence-corrected chi connectivity index (χ0v) is 10.3. The first kappa shape index (κ1) is 11.1. The maximum absolute atomic E-state index is 12.3. The summed E-state index contributed by atoms with van der Waals surface area (Å²) in [4.78, 5) is 16.4. The normalized spacial score (nSPS) is 21.6. The highest BCUT2D eigenvalue weighted by atomic mass is 16.1. The van der Waals surface area contributed by atoms with Crippen LogP contribution in [0.1, 0.15) is 33.8 Å². The van der Waals surface area contributed by atoms with Gasteiger partial charge in [-0.1, -0.05) is 30.3 Å². The Morgan fingerprint density at radius 3 is 2.72 bits per heavy atom. The molecule has 1 heterocycles. The summed E-state index contributed by atoms with van der Waals surface area (Å²) in [6, 6.07) is 12.2. The first-order chi connectivity index (χ1) is 8.75. The van der Waals surface area contributed by atoms with Crippen LogP contribution in [0.4, 0.5) is 0 Å². The number of aryl methyl sites for hydroxylation is 1. The van der Waals surface area contributed by atoms with Crippen molar-refractivity contribution in [3.8, 4) is 0 Å². The van der Waals surface area contributed by atoms with Gasteiger partial charge in [0, 0.05) is 23.9 Å². The fourth-order valence-electron chi connectivity index (χ4n) is 2.46. The molecular weight excluding hydrogens is 222 g/mol. The van der Waals surface area contributed by atoms with Gasteiger partial charge in [-0.3, -0.25) is 9.78 Å². The molecule has 0 saturated heterocycles. The Morgan fingerprint density at radius 1 is 1.22 bits per heavy atom. The number of carbonyl (C=O) groups excluding carboxylic acids is 1. The number of aromatic nitrogens is 1. The zero-order chi connectivity index (χ0) is 12.5. The Kier molecular flexibility index (Phi) is 2.71. The second kappa shape index (κ2) is 4.37. The molecule has 3 rings (SSSR count). The van der Waals surface area contributed by atoms with Crippen molar-refractivity contribution in [2.24, 2.45) is 5.92 Å². The van der Waals surface area contributed by atoms with Crippen molar-refractivity contribution in [2.75, 3.05) is 0 Å². The number of Topliss-reactive ketones (excluding diaryl/α,β-unsaturated/α-hetero) is 1. The van der Waals surface area contributed by atoms with Gasteiger partial charge in [0.1, 0.15) is 0 Å². The van der Waals surface area contributed by atoms with E-state index in [0.717, 1.165) is 17.5 Å². The van der Waals surface area contributed by atoms with Crippen LogP contribution in [-0.2, 0) is 0 Å². The van der Waals surface area contributed by atoms with Crippen molar-refractivity contribution in [1.82, 2.24) is 4.98 Å². The second-order valence-electron chi connectivity index (χ2n) is 4.97. The molecule has 2 atom stereocenters. The van der Waals surface area contributed by atoms with Crippen LogP contribution >= 0.6 is 0 Å². The van der Waals surface area contributed by atoms with Gasteiger partial charge in [-0.25, -0.2) is 0 Å². The molecule has 1 saturated carbocycles.